The monoisotopic (exact) mass is 400 g/mol. The molecule has 0 N–H and O–H groups in total. The van der Waals surface area contributed by atoms with Gasteiger partial charge < -0.3 is 4.90 Å². The van der Waals surface area contributed by atoms with Crippen LogP contribution in [0.2, 0.25) is 0 Å². The van der Waals surface area contributed by atoms with E-state index in [1.165, 1.54) is 10.4 Å². The molecule has 4 rings (SSSR count). The number of aromatic nitrogens is 1. The van der Waals surface area contributed by atoms with Crippen molar-refractivity contribution in [1.82, 2.24) is 9.88 Å². The van der Waals surface area contributed by atoms with Gasteiger partial charge in [-0.3, -0.25) is 4.79 Å². The lowest BCUT2D eigenvalue weighted by molar-refractivity contribution is -0.129. The predicted molar refractivity (Wildman–Crippen MR) is 111 cm³/mol. The van der Waals surface area contributed by atoms with E-state index in [9.17, 15) is 4.79 Å². The topological polar surface area (TPSA) is 33.2 Å². The average molecular weight is 401 g/mol. The Balaban J connectivity index is 1.38. The first-order chi connectivity index (χ1) is 12.7. The number of aryl methyl sites for hydroxylation is 1. The molecule has 1 aliphatic rings. The van der Waals surface area contributed by atoms with Crippen LogP contribution in [-0.2, 0) is 4.79 Å². The molecule has 1 fully saturated rings. The number of hydrogen-bond acceptors (Lipinski definition) is 5. The van der Waals surface area contributed by atoms with Crippen LogP contribution >= 0.6 is 34.4 Å². The standard InChI is InChI=1S/C20H20N2OS3/c1-14-6-8-15(9-7-14)16-12-25-20(21-16)26-13-19(23)22-10-2-4-17(22)18-5-3-11-24-18/h3,5-9,11-12,17H,2,4,10,13H2,1H3/t17-/m1/s1. The Hall–Kier alpha value is -1.63. The first-order valence-corrected chi connectivity index (χ1v) is 11.4. The molecule has 2 aromatic heterocycles. The van der Waals surface area contributed by atoms with Gasteiger partial charge in [0.2, 0.25) is 5.91 Å². The van der Waals surface area contributed by atoms with E-state index < -0.39 is 0 Å². The normalized spacial score (nSPS) is 17.0. The molecule has 6 heteroatoms. The number of thiazole rings is 1. The molecule has 0 unspecified atom stereocenters. The van der Waals surface area contributed by atoms with Crippen molar-refractivity contribution in [3.8, 4) is 11.3 Å². The van der Waals surface area contributed by atoms with Crippen LogP contribution in [0.1, 0.15) is 29.3 Å². The number of benzene rings is 1. The summed E-state index contributed by atoms with van der Waals surface area (Å²) >= 11 is 4.91. The van der Waals surface area contributed by atoms with Crippen LogP contribution in [-0.4, -0.2) is 28.1 Å². The Morgan fingerprint density at radius 3 is 2.88 bits per heavy atom. The van der Waals surface area contributed by atoms with E-state index in [1.807, 2.05) is 4.90 Å². The number of thioether (sulfide) groups is 1. The van der Waals surface area contributed by atoms with Crippen molar-refractivity contribution in [2.24, 2.45) is 0 Å². The van der Waals surface area contributed by atoms with Crippen molar-refractivity contribution >= 4 is 40.3 Å². The minimum Gasteiger partial charge on any atom is -0.334 e. The molecule has 0 spiro atoms. The highest BCUT2D eigenvalue weighted by Crippen LogP contribution is 2.35. The van der Waals surface area contributed by atoms with Crippen molar-refractivity contribution in [1.29, 1.82) is 0 Å². The molecular formula is C20H20N2OS3. The van der Waals surface area contributed by atoms with E-state index in [0.717, 1.165) is 35.0 Å². The van der Waals surface area contributed by atoms with Gasteiger partial charge in [-0.05, 0) is 31.2 Å². The summed E-state index contributed by atoms with van der Waals surface area (Å²) in [6.07, 6.45) is 2.17. The zero-order chi connectivity index (χ0) is 17.9. The Bertz CT molecular complexity index is 871. The molecule has 134 valence electrons. The zero-order valence-electron chi connectivity index (χ0n) is 14.6. The van der Waals surface area contributed by atoms with Gasteiger partial charge >= 0.3 is 0 Å². The van der Waals surface area contributed by atoms with Gasteiger partial charge in [-0.25, -0.2) is 4.98 Å². The molecule has 1 atom stereocenters. The summed E-state index contributed by atoms with van der Waals surface area (Å²) in [5.41, 5.74) is 3.36. The second-order valence-electron chi connectivity index (χ2n) is 6.41. The Morgan fingerprint density at radius 2 is 2.12 bits per heavy atom. The second kappa shape index (κ2) is 7.94. The number of carbonyl (C=O) groups is 1. The van der Waals surface area contributed by atoms with Crippen molar-refractivity contribution in [2.75, 3.05) is 12.3 Å². The quantitative estimate of drug-likeness (QED) is 0.520. The molecule has 1 saturated heterocycles. The van der Waals surface area contributed by atoms with Gasteiger partial charge in [-0.15, -0.1) is 22.7 Å². The van der Waals surface area contributed by atoms with E-state index in [-0.39, 0.29) is 11.9 Å². The van der Waals surface area contributed by atoms with Crippen molar-refractivity contribution in [2.45, 2.75) is 30.1 Å². The number of amides is 1. The summed E-state index contributed by atoms with van der Waals surface area (Å²) in [5.74, 6) is 0.681. The van der Waals surface area contributed by atoms with Crippen LogP contribution in [0.3, 0.4) is 0 Å². The van der Waals surface area contributed by atoms with Crippen LogP contribution < -0.4 is 0 Å². The van der Waals surface area contributed by atoms with Crippen molar-refractivity contribution in [3.05, 3.63) is 57.6 Å². The lowest BCUT2D eigenvalue weighted by atomic mass is 10.1. The second-order valence-corrected chi connectivity index (χ2v) is 9.47. The summed E-state index contributed by atoms with van der Waals surface area (Å²) in [4.78, 5) is 20.8. The third kappa shape index (κ3) is 3.87. The zero-order valence-corrected chi connectivity index (χ0v) is 17.0. The van der Waals surface area contributed by atoms with Gasteiger partial charge in [0.25, 0.3) is 0 Å². The van der Waals surface area contributed by atoms with Crippen LogP contribution in [0.5, 0.6) is 0 Å². The first-order valence-electron chi connectivity index (χ1n) is 8.69. The highest BCUT2D eigenvalue weighted by atomic mass is 32.2. The number of rotatable bonds is 5. The van der Waals surface area contributed by atoms with Crippen molar-refractivity contribution in [3.63, 3.8) is 0 Å². The SMILES string of the molecule is Cc1ccc(-c2csc(SCC(=O)N3CCC[C@@H]3c3cccs3)n2)cc1. The van der Waals surface area contributed by atoms with E-state index in [4.69, 9.17) is 4.98 Å². The number of thiophene rings is 1. The van der Waals surface area contributed by atoms with Crippen molar-refractivity contribution < 1.29 is 4.79 Å². The molecule has 0 radical (unpaired) electrons. The fourth-order valence-corrected chi connectivity index (χ4v) is 5.82. The van der Waals surface area contributed by atoms with Gasteiger partial charge in [0.1, 0.15) is 0 Å². The summed E-state index contributed by atoms with van der Waals surface area (Å²) in [6, 6.07) is 12.9. The van der Waals surface area contributed by atoms with Crippen LogP contribution in [0.25, 0.3) is 11.3 Å². The number of nitrogens with zero attached hydrogens (tertiary/aromatic N) is 2. The highest BCUT2D eigenvalue weighted by Gasteiger charge is 2.30. The fourth-order valence-electron chi connectivity index (χ4n) is 3.23. The van der Waals surface area contributed by atoms with E-state index in [1.54, 1.807) is 34.4 Å². The molecule has 3 heterocycles. The maximum absolute atomic E-state index is 12.7. The summed E-state index contributed by atoms with van der Waals surface area (Å²) < 4.78 is 0.959. The van der Waals surface area contributed by atoms with Gasteiger partial charge in [-0.2, -0.15) is 0 Å². The Kier molecular flexibility index (Phi) is 5.43. The van der Waals surface area contributed by atoms with Gasteiger partial charge in [-0.1, -0.05) is 47.7 Å². The van der Waals surface area contributed by atoms with E-state index >= 15 is 0 Å². The summed E-state index contributed by atoms with van der Waals surface area (Å²) in [5, 5.41) is 4.16. The van der Waals surface area contributed by atoms with Crippen LogP contribution in [0.15, 0.2) is 51.5 Å². The van der Waals surface area contributed by atoms with E-state index in [0.29, 0.717) is 5.75 Å². The number of hydrogen-bond donors (Lipinski definition) is 0. The molecule has 1 amide bonds. The first kappa shape index (κ1) is 17.8. The smallest absolute Gasteiger partial charge is 0.233 e. The van der Waals surface area contributed by atoms with Gasteiger partial charge in [0.05, 0.1) is 17.5 Å². The molecule has 0 aliphatic carbocycles. The minimum atomic E-state index is 0.220. The third-order valence-corrected chi connectivity index (χ3v) is 7.57. The third-order valence-electron chi connectivity index (χ3n) is 4.59. The molecule has 0 bridgehead atoms. The maximum Gasteiger partial charge on any atom is 0.233 e. The number of likely N-dealkylation sites (tertiary alicyclic amines) is 1. The predicted octanol–water partition coefficient (Wildman–Crippen LogP) is 5.64. The molecule has 3 aromatic rings. The van der Waals surface area contributed by atoms with Gasteiger partial charge in [0.15, 0.2) is 4.34 Å². The molecule has 0 saturated carbocycles. The lowest BCUT2D eigenvalue weighted by Crippen LogP contribution is -2.31. The largest absolute Gasteiger partial charge is 0.334 e. The molecular weight excluding hydrogens is 380 g/mol. The molecule has 1 aliphatic heterocycles. The van der Waals surface area contributed by atoms with Gasteiger partial charge in [0, 0.05) is 22.4 Å². The molecule has 1 aromatic carbocycles. The maximum atomic E-state index is 12.7. The Labute approximate surface area is 166 Å². The van der Waals surface area contributed by atoms with E-state index in [2.05, 4.69) is 54.1 Å². The van der Waals surface area contributed by atoms with Crippen LogP contribution in [0, 0.1) is 6.92 Å². The summed E-state index contributed by atoms with van der Waals surface area (Å²) in [7, 11) is 0. The lowest BCUT2D eigenvalue weighted by Gasteiger charge is -2.23. The van der Waals surface area contributed by atoms with Crippen LogP contribution in [0.4, 0.5) is 0 Å². The minimum absolute atomic E-state index is 0.220. The number of carbonyl (C=O) groups excluding carboxylic acids is 1. The molecule has 3 nitrogen and oxygen atoms in total. The average Bonchev–Trinajstić information content (AvgIpc) is 3.40. The Morgan fingerprint density at radius 1 is 1.27 bits per heavy atom. The highest BCUT2D eigenvalue weighted by molar-refractivity contribution is 8.01. The molecule has 26 heavy (non-hydrogen) atoms. The fraction of sp³-hybridized carbons (Fsp3) is 0.300. The summed E-state index contributed by atoms with van der Waals surface area (Å²) in [6.45, 7) is 2.95.